The van der Waals surface area contributed by atoms with E-state index in [4.69, 9.17) is 5.73 Å². The third-order valence-corrected chi connectivity index (χ3v) is 6.80. The highest BCUT2D eigenvalue weighted by atomic mass is 14.6. The summed E-state index contributed by atoms with van der Waals surface area (Å²) in [6.07, 6.45) is 21.1. The fourth-order valence-electron chi connectivity index (χ4n) is 5.11. The summed E-state index contributed by atoms with van der Waals surface area (Å²) >= 11 is 0. The van der Waals surface area contributed by atoms with Crippen LogP contribution in [-0.4, -0.2) is 0 Å². The Bertz CT molecular complexity index is 733. The molecule has 0 aliphatic carbocycles. The third kappa shape index (κ3) is 8.60. The minimum absolute atomic E-state index is 0.168. The molecule has 31 heavy (non-hydrogen) atoms. The molecule has 0 amide bonds. The van der Waals surface area contributed by atoms with Gasteiger partial charge in [-0.15, -0.1) is 0 Å². The van der Waals surface area contributed by atoms with E-state index in [-0.39, 0.29) is 6.04 Å². The number of rotatable bonds is 17. The van der Waals surface area contributed by atoms with E-state index < -0.39 is 0 Å². The van der Waals surface area contributed by atoms with Crippen LogP contribution in [0, 0.1) is 0 Å². The van der Waals surface area contributed by atoms with Gasteiger partial charge < -0.3 is 5.73 Å². The molecule has 2 aromatic carbocycles. The van der Waals surface area contributed by atoms with Crippen molar-refractivity contribution in [2.45, 2.75) is 130 Å². The number of nitrogens with two attached hydrogens (primary N) is 1. The lowest BCUT2D eigenvalue weighted by atomic mass is 9.85. The van der Waals surface area contributed by atoms with Crippen molar-refractivity contribution in [3.63, 3.8) is 0 Å². The Balaban J connectivity index is 1.88. The highest BCUT2D eigenvalue weighted by molar-refractivity contribution is 5.88. The van der Waals surface area contributed by atoms with Crippen LogP contribution in [0.2, 0.25) is 0 Å². The number of hydrogen-bond donors (Lipinski definition) is 1. The van der Waals surface area contributed by atoms with Gasteiger partial charge in [0.05, 0.1) is 0 Å². The molecule has 1 unspecified atom stereocenters. The number of aryl methyl sites for hydroxylation is 1. The van der Waals surface area contributed by atoms with Crippen LogP contribution in [0.1, 0.15) is 133 Å². The fourth-order valence-corrected chi connectivity index (χ4v) is 5.11. The largest absolute Gasteiger partial charge is 0.324 e. The SMILES string of the molecule is CCCCCCCCCCCCCC(N)c1c(CCC)c(CCC)cc2ccccc12. The first-order chi connectivity index (χ1) is 15.2. The van der Waals surface area contributed by atoms with Crippen LogP contribution < -0.4 is 5.73 Å². The monoisotopic (exact) mass is 423 g/mol. The number of hydrogen-bond acceptors (Lipinski definition) is 1. The topological polar surface area (TPSA) is 26.0 Å². The molecule has 0 saturated carbocycles. The zero-order valence-electron chi connectivity index (χ0n) is 20.9. The summed E-state index contributed by atoms with van der Waals surface area (Å²) in [5.41, 5.74) is 11.4. The lowest BCUT2D eigenvalue weighted by molar-refractivity contribution is 0.526. The molecule has 1 atom stereocenters. The molecule has 2 aromatic rings. The highest BCUT2D eigenvalue weighted by Crippen LogP contribution is 2.34. The van der Waals surface area contributed by atoms with Crippen LogP contribution in [0.25, 0.3) is 10.8 Å². The van der Waals surface area contributed by atoms with E-state index in [1.807, 2.05) is 0 Å². The van der Waals surface area contributed by atoms with Crippen molar-refractivity contribution in [2.24, 2.45) is 5.73 Å². The fraction of sp³-hybridized carbons (Fsp3) is 0.667. The van der Waals surface area contributed by atoms with E-state index in [0.29, 0.717) is 0 Å². The van der Waals surface area contributed by atoms with E-state index in [1.165, 1.54) is 112 Å². The van der Waals surface area contributed by atoms with Crippen molar-refractivity contribution in [3.8, 4) is 0 Å². The molecule has 0 heterocycles. The summed E-state index contributed by atoms with van der Waals surface area (Å²) in [4.78, 5) is 0. The van der Waals surface area contributed by atoms with Gasteiger partial charge in [0.2, 0.25) is 0 Å². The van der Waals surface area contributed by atoms with E-state index in [1.54, 1.807) is 5.56 Å². The lowest BCUT2D eigenvalue weighted by Gasteiger charge is -2.22. The molecule has 174 valence electrons. The average molecular weight is 424 g/mol. The normalized spacial score (nSPS) is 12.5. The Morgan fingerprint density at radius 1 is 0.677 bits per heavy atom. The van der Waals surface area contributed by atoms with Crippen molar-refractivity contribution >= 4 is 10.8 Å². The van der Waals surface area contributed by atoms with Crippen LogP contribution in [0.5, 0.6) is 0 Å². The predicted octanol–water partition coefficient (Wildman–Crippen LogP) is 9.45. The molecule has 2 N–H and O–H groups in total. The smallest absolute Gasteiger partial charge is 0.0303 e. The van der Waals surface area contributed by atoms with Gasteiger partial charge in [0, 0.05) is 6.04 Å². The van der Waals surface area contributed by atoms with Gasteiger partial charge >= 0.3 is 0 Å². The van der Waals surface area contributed by atoms with Crippen molar-refractivity contribution in [2.75, 3.05) is 0 Å². The molecule has 0 aliphatic heterocycles. The second-order valence-corrected chi connectivity index (χ2v) is 9.58. The van der Waals surface area contributed by atoms with Gasteiger partial charge in [-0.05, 0) is 46.7 Å². The van der Waals surface area contributed by atoms with Gasteiger partial charge in [-0.1, -0.05) is 135 Å². The summed E-state index contributed by atoms with van der Waals surface area (Å²) in [7, 11) is 0. The Labute approximate surface area is 193 Å². The summed E-state index contributed by atoms with van der Waals surface area (Å²) in [6.45, 7) is 6.88. The first-order valence-electron chi connectivity index (χ1n) is 13.5. The van der Waals surface area contributed by atoms with E-state index in [9.17, 15) is 0 Å². The minimum Gasteiger partial charge on any atom is -0.324 e. The van der Waals surface area contributed by atoms with Gasteiger partial charge in [-0.3, -0.25) is 0 Å². The Morgan fingerprint density at radius 3 is 1.87 bits per heavy atom. The summed E-state index contributed by atoms with van der Waals surface area (Å²) in [5, 5.41) is 2.76. The van der Waals surface area contributed by atoms with Gasteiger partial charge in [0.1, 0.15) is 0 Å². The Hall–Kier alpha value is -1.34. The predicted molar refractivity (Wildman–Crippen MR) is 140 cm³/mol. The molecule has 1 heteroatoms. The van der Waals surface area contributed by atoms with Crippen molar-refractivity contribution < 1.29 is 0 Å². The number of fused-ring (bicyclic) bond motifs is 1. The second kappa shape index (κ2) is 15.5. The standard InChI is InChI=1S/C30H49N/c1-4-7-8-9-10-11-12-13-14-15-16-23-29(31)30-27(20-6-3)25(19-5-2)24-26-21-17-18-22-28(26)30/h17-18,21-22,24,29H,4-16,19-20,23,31H2,1-3H3. The van der Waals surface area contributed by atoms with E-state index >= 15 is 0 Å². The van der Waals surface area contributed by atoms with Crippen molar-refractivity contribution in [1.82, 2.24) is 0 Å². The first kappa shape index (κ1) is 25.9. The summed E-state index contributed by atoms with van der Waals surface area (Å²) < 4.78 is 0. The lowest BCUT2D eigenvalue weighted by Crippen LogP contribution is -2.15. The first-order valence-corrected chi connectivity index (χ1v) is 13.5. The molecule has 0 aromatic heterocycles. The Morgan fingerprint density at radius 2 is 1.26 bits per heavy atom. The van der Waals surface area contributed by atoms with Crippen molar-refractivity contribution in [3.05, 3.63) is 47.0 Å². The van der Waals surface area contributed by atoms with Crippen LogP contribution in [0.15, 0.2) is 30.3 Å². The molecule has 0 saturated heterocycles. The molecule has 0 radical (unpaired) electrons. The van der Waals surface area contributed by atoms with Gasteiger partial charge in [-0.2, -0.15) is 0 Å². The molecule has 2 rings (SSSR count). The maximum absolute atomic E-state index is 6.88. The van der Waals surface area contributed by atoms with E-state index in [0.717, 1.165) is 12.8 Å². The quantitative estimate of drug-likeness (QED) is 0.252. The third-order valence-electron chi connectivity index (χ3n) is 6.80. The summed E-state index contributed by atoms with van der Waals surface area (Å²) in [6, 6.07) is 11.5. The van der Waals surface area contributed by atoms with E-state index in [2.05, 4.69) is 51.1 Å². The molecular weight excluding hydrogens is 374 g/mol. The second-order valence-electron chi connectivity index (χ2n) is 9.58. The van der Waals surface area contributed by atoms with Crippen LogP contribution in [-0.2, 0) is 12.8 Å². The summed E-state index contributed by atoms with van der Waals surface area (Å²) in [5.74, 6) is 0. The highest BCUT2D eigenvalue weighted by Gasteiger charge is 2.18. The zero-order chi connectivity index (χ0) is 22.3. The van der Waals surface area contributed by atoms with Crippen LogP contribution in [0.3, 0.4) is 0 Å². The molecule has 1 nitrogen and oxygen atoms in total. The van der Waals surface area contributed by atoms with Crippen molar-refractivity contribution in [1.29, 1.82) is 0 Å². The van der Waals surface area contributed by atoms with Gasteiger partial charge in [-0.25, -0.2) is 0 Å². The molecule has 0 fully saturated rings. The van der Waals surface area contributed by atoms with Crippen LogP contribution >= 0.6 is 0 Å². The minimum atomic E-state index is 0.168. The molecule has 0 bridgehead atoms. The van der Waals surface area contributed by atoms with Gasteiger partial charge in [0.25, 0.3) is 0 Å². The van der Waals surface area contributed by atoms with Gasteiger partial charge in [0.15, 0.2) is 0 Å². The average Bonchev–Trinajstić information content (AvgIpc) is 2.78. The van der Waals surface area contributed by atoms with Crippen LogP contribution in [0.4, 0.5) is 0 Å². The maximum atomic E-state index is 6.88. The zero-order valence-corrected chi connectivity index (χ0v) is 20.9. The maximum Gasteiger partial charge on any atom is 0.0303 e. The molecular formula is C30H49N. The number of benzene rings is 2. The molecule has 0 aliphatic rings. The number of unbranched alkanes of at least 4 members (excludes halogenated alkanes) is 10. The Kier molecular flexibility index (Phi) is 12.9. The molecule has 0 spiro atoms.